The molecule has 1 rings (SSSR count). The number of alkyl halides is 1. The molecule has 0 saturated carbocycles. The van der Waals surface area contributed by atoms with Gasteiger partial charge in [0.1, 0.15) is 11.6 Å². The van der Waals surface area contributed by atoms with Gasteiger partial charge in [-0.15, -0.1) is 0 Å². The topological polar surface area (TPSA) is 29.1 Å². The predicted octanol–water partition coefficient (Wildman–Crippen LogP) is 3.57. The summed E-state index contributed by atoms with van der Waals surface area (Å²) in [7, 11) is 0. The van der Waals surface area contributed by atoms with E-state index in [1.54, 1.807) is 0 Å². The van der Waals surface area contributed by atoms with Crippen LogP contribution < -0.4 is 5.32 Å². The number of hydrogen-bond donors (Lipinski definition) is 1. The van der Waals surface area contributed by atoms with Crippen molar-refractivity contribution >= 4 is 21.8 Å². The summed E-state index contributed by atoms with van der Waals surface area (Å²) in [6, 6.07) is 1.96. The van der Waals surface area contributed by atoms with Crippen molar-refractivity contribution in [2.45, 2.75) is 32.7 Å². The third-order valence-electron chi connectivity index (χ3n) is 2.98. The summed E-state index contributed by atoms with van der Waals surface area (Å²) < 4.78 is 26.7. The third kappa shape index (κ3) is 3.28. The lowest BCUT2D eigenvalue weighted by atomic mass is 10.0. The summed E-state index contributed by atoms with van der Waals surface area (Å²) in [5, 5.41) is 3.31. The minimum atomic E-state index is -0.844. The maximum atomic E-state index is 13.6. The molecule has 1 amide bonds. The number of halogens is 3. The second kappa shape index (κ2) is 5.78. The van der Waals surface area contributed by atoms with Crippen LogP contribution in [0.4, 0.5) is 8.78 Å². The molecular weight excluding hydrogens is 304 g/mol. The fourth-order valence-corrected chi connectivity index (χ4v) is 1.93. The highest BCUT2D eigenvalue weighted by Gasteiger charge is 2.25. The molecule has 0 radical (unpaired) electrons. The Kier molecular flexibility index (Phi) is 4.85. The summed E-state index contributed by atoms with van der Waals surface area (Å²) in [5.41, 5.74) is -0.334. The number of amides is 1. The van der Waals surface area contributed by atoms with Gasteiger partial charge in [0, 0.05) is 16.9 Å². The van der Waals surface area contributed by atoms with E-state index in [1.165, 1.54) is 13.0 Å². The van der Waals surface area contributed by atoms with Crippen molar-refractivity contribution in [1.82, 2.24) is 5.32 Å². The van der Waals surface area contributed by atoms with Crippen molar-refractivity contribution in [3.05, 3.63) is 34.9 Å². The summed E-state index contributed by atoms with van der Waals surface area (Å²) in [6.45, 7) is 5.27. The van der Waals surface area contributed by atoms with Crippen molar-refractivity contribution < 1.29 is 13.6 Å². The van der Waals surface area contributed by atoms with E-state index in [9.17, 15) is 13.6 Å². The highest BCUT2D eigenvalue weighted by Crippen LogP contribution is 2.17. The van der Waals surface area contributed by atoms with Crippen molar-refractivity contribution in [3.8, 4) is 0 Å². The number of hydrogen-bond acceptors (Lipinski definition) is 1. The van der Waals surface area contributed by atoms with Gasteiger partial charge >= 0.3 is 0 Å². The van der Waals surface area contributed by atoms with Gasteiger partial charge in [-0.05, 0) is 31.9 Å². The average molecular weight is 320 g/mol. The van der Waals surface area contributed by atoms with Crippen LogP contribution in [-0.2, 0) is 0 Å². The first kappa shape index (κ1) is 15.1. The smallest absolute Gasteiger partial charge is 0.254 e. The molecule has 1 unspecified atom stereocenters. The van der Waals surface area contributed by atoms with Crippen LogP contribution in [0.5, 0.6) is 0 Å². The van der Waals surface area contributed by atoms with Crippen LogP contribution >= 0.6 is 15.9 Å². The number of aryl methyl sites for hydroxylation is 1. The zero-order valence-electron chi connectivity index (χ0n) is 10.6. The number of benzene rings is 1. The minimum absolute atomic E-state index is 0.130. The van der Waals surface area contributed by atoms with Gasteiger partial charge in [-0.3, -0.25) is 4.79 Å². The Labute approximate surface area is 114 Å². The summed E-state index contributed by atoms with van der Waals surface area (Å²) in [5.74, 6) is -2.02. The fourth-order valence-electron chi connectivity index (χ4n) is 1.39. The van der Waals surface area contributed by atoms with Crippen LogP contribution in [0.15, 0.2) is 12.1 Å². The van der Waals surface area contributed by atoms with Crippen molar-refractivity contribution in [1.29, 1.82) is 0 Å². The first-order valence-electron chi connectivity index (χ1n) is 5.67. The normalized spacial score (nSPS) is 14.1. The quantitative estimate of drug-likeness (QED) is 0.845. The molecule has 2 nitrogen and oxygen atoms in total. The molecule has 1 atom stereocenters. The lowest BCUT2D eigenvalue weighted by Crippen LogP contribution is -2.47. The molecule has 0 heterocycles. The van der Waals surface area contributed by atoms with E-state index >= 15 is 0 Å². The average Bonchev–Trinajstić information content (AvgIpc) is 2.33. The molecule has 1 N–H and O–H groups in total. The number of nitrogens with one attached hydrogen (secondary N) is 1. The van der Waals surface area contributed by atoms with Gasteiger partial charge in [0.2, 0.25) is 0 Å². The van der Waals surface area contributed by atoms with Crippen LogP contribution in [0.1, 0.15) is 36.2 Å². The first-order chi connectivity index (χ1) is 8.33. The minimum Gasteiger partial charge on any atom is -0.346 e. The van der Waals surface area contributed by atoms with Crippen molar-refractivity contribution in [2.24, 2.45) is 0 Å². The Balaban J connectivity index is 3.01. The van der Waals surface area contributed by atoms with Gasteiger partial charge in [0.25, 0.3) is 5.91 Å². The Morgan fingerprint density at radius 2 is 2.00 bits per heavy atom. The fraction of sp³-hybridized carbons (Fsp3) is 0.462. The van der Waals surface area contributed by atoms with Crippen molar-refractivity contribution in [2.75, 3.05) is 5.33 Å². The molecule has 0 spiro atoms. The molecule has 5 heteroatoms. The molecule has 0 aliphatic heterocycles. The van der Waals surface area contributed by atoms with E-state index in [0.29, 0.717) is 11.8 Å². The van der Waals surface area contributed by atoms with E-state index in [-0.39, 0.29) is 11.1 Å². The molecule has 0 aliphatic rings. The molecule has 0 saturated heterocycles. The van der Waals surface area contributed by atoms with E-state index < -0.39 is 23.1 Å². The lowest BCUT2D eigenvalue weighted by molar-refractivity contribution is 0.0909. The molecule has 0 bridgehead atoms. The lowest BCUT2D eigenvalue weighted by Gasteiger charge is -2.27. The second-order valence-electron chi connectivity index (χ2n) is 4.58. The Morgan fingerprint density at radius 3 is 2.50 bits per heavy atom. The molecule has 0 aromatic heterocycles. The highest BCUT2D eigenvalue weighted by atomic mass is 79.9. The molecule has 0 aliphatic carbocycles. The standard InChI is InChI=1S/C13H16BrF2NO/c1-4-13(3,7-14)17-12(18)9-5-8(2)10(15)6-11(9)16/h5-6H,4,7H2,1-3H3,(H,17,18). The van der Waals surface area contributed by atoms with Gasteiger partial charge < -0.3 is 5.32 Å². The van der Waals surface area contributed by atoms with Gasteiger partial charge in [-0.2, -0.15) is 0 Å². The van der Waals surface area contributed by atoms with Crippen LogP contribution in [-0.4, -0.2) is 16.8 Å². The number of rotatable bonds is 4. The predicted molar refractivity (Wildman–Crippen MR) is 71.1 cm³/mol. The first-order valence-corrected chi connectivity index (χ1v) is 6.79. The van der Waals surface area contributed by atoms with Crippen LogP contribution in [0.25, 0.3) is 0 Å². The van der Waals surface area contributed by atoms with Gasteiger partial charge in [-0.1, -0.05) is 22.9 Å². The van der Waals surface area contributed by atoms with Gasteiger partial charge in [-0.25, -0.2) is 8.78 Å². The summed E-state index contributed by atoms with van der Waals surface area (Å²) >= 11 is 3.31. The van der Waals surface area contributed by atoms with Gasteiger partial charge in [0.15, 0.2) is 0 Å². The molecule has 0 fully saturated rings. The zero-order valence-corrected chi connectivity index (χ0v) is 12.2. The number of carbonyl (C=O) groups is 1. The maximum Gasteiger partial charge on any atom is 0.254 e. The van der Waals surface area contributed by atoms with Gasteiger partial charge in [0.05, 0.1) is 5.56 Å². The van der Waals surface area contributed by atoms with E-state index in [1.807, 2.05) is 13.8 Å². The van der Waals surface area contributed by atoms with E-state index in [4.69, 9.17) is 0 Å². The van der Waals surface area contributed by atoms with Crippen LogP contribution in [0.3, 0.4) is 0 Å². The second-order valence-corrected chi connectivity index (χ2v) is 5.14. The Hall–Kier alpha value is -0.970. The molecule has 1 aromatic carbocycles. The highest BCUT2D eigenvalue weighted by molar-refractivity contribution is 9.09. The SMILES string of the molecule is CCC(C)(CBr)NC(=O)c1cc(C)c(F)cc1F. The molecule has 1 aromatic rings. The van der Waals surface area contributed by atoms with Crippen molar-refractivity contribution in [3.63, 3.8) is 0 Å². The number of carbonyl (C=O) groups excluding carboxylic acids is 1. The Bertz CT molecular complexity index is 459. The van der Waals surface area contributed by atoms with Crippen LogP contribution in [0, 0.1) is 18.6 Å². The zero-order chi connectivity index (χ0) is 13.9. The summed E-state index contributed by atoms with van der Waals surface area (Å²) in [4.78, 5) is 12.0. The largest absolute Gasteiger partial charge is 0.346 e. The monoisotopic (exact) mass is 319 g/mol. The molecular formula is C13H16BrF2NO. The van der Waals surface area contributed by atoms with Crippen LogP contribution in [0.2, 0.25) is 0 Å². The molecule has 100 valence electrons. The summed E-state index contributed by atoms with van der Waals surface area (Å²) in [6.07, 6.45) is 0.700. The molecule has 18 heavy (non-hydrogen) atoms. The van der Waals surface area contributed by atoms with E-state index in [2.05, 4.69) is 21.2 Å². The Morgan fingerprint density at radius 1 is 1.39 bits per heavy atom. The maximum absolute atomic E-state index is 13.6. The van der Waals surface area contributed by atoms with E-state index in [0.717, 1.165) is 6.07 Å². The third-order valence-corrected chi connectivity index (χ3v) is 4.22.